The molecule has 1 aliphatic rings. The summed E-state index contributed by atoms with van der Waals surface area (Å²) in [7, 11) is 0. The minimum Gasteiger partial charge on any atom is -0.390 e. The average molecular weight is 711 g/mol. The number of hydrogen-bond acceptors (Lipinski definition) is 8. The number of aliphatic hydroxyl groups is 1. The van der Waals surface area contributed by atoms with E-state index in [4.69, 9.17) is 4.98 Å². The molecule has 0 bridgehead atoms. The summed E-state index contributed by atoms with van der Waals surface area (Å²) >= 11 is 1.86. The lowest BCUT2D eigenvalue weighted by Crippen LogP contribution is -2.60. The maximum atomic E-state index is 14.0. The van der Waals surface area contributed by atoms with Gasteiger partial charge in [-0.05, 0) is 75.3 Å². The number of pyridine rings is 2. The molecule has 0 saturated carbocycles. The van der Waals surface area contributed by atoms with E-state index in [1.54, 1.807) is 6.20 Å². The second-order valence-electron chi connectivity index (χ2n) is 15.0. The van der Waals surface area contributed by atoms with Gasteiger partial charge in [0, 0.05) is 54.0 Å². The van der Waals surface area contributed by atoms with E-state index in [1.165, 1.54) is 5.56 Å². The van der Waals surface area contributed by atoms with Crippen LogP contribution in [0, 0.1) is 5.92 Å². The van der Waals surface area contributed by atoms with Gasteiger partial charge in [0.25, 0.3) is 0 Å². The third kappa shape index (κ3) is 11.6. The molecule has 4 aromatic rings. The summed E-state index contributed by atoms with van der Waals surface area (Å²) in [5, 5.41) is 23.1. The summed E-state index contributed by atoms with van der Waals surface area (Å²) < 4.78 is 0. The third-order valence-electron chi connectivity index (χ3n) is 9.30. The van der Waals surface area contributed by atoms with Crippen molar-refractivity contribution in [3.63, 3.8) is 0 Å². The first kappa shape index (κ1) is 38.4. The van der Waals surface area contributed by atoms with Crippen LogP contribution >= 0.6 is 11.8 Å². The summed E-state index contributed by atoms with van der Waals surface area (Å²) in [6.07, 6.45) is 4.80. The first-order chi connectivity index (χ1) is 24.4. The van der Waals surface area contributed by atoms with E-state index in [9.17, 15) is 14.7 Å². The van der Waals surface area contributed by atoms with Crippen LogP contribution < -0.4 is 16.0 Å². The molecule has 10 heteroatoms. The highest BCUT2D eigenvalue weighted by Crippen LogP contribution is 2.30. The quantitative estimate of drug-likeness (QED) is 0.128. The molecule has 1 aliphatic heterocycles. The van der Waals surface area contributed by atoms with Crippen molar-refractivity contribution in [2.24, 2.45) is 5.92 Å². The number of amides is 2. The van der Waals surface area contributed by atoms with Gasteiger partial charge < -0.3 is 15.7 Å². The number of fused-ring (bicyclic) bond motifs is 1. The molecule has 5 rings (SSSR count). The number of carbonyl (C=O) groups excluding carboxylic acids is 2. The number of thioether (sulfide) groups is 1. The smallest absolute Gasteiger partial charge is 0.237 e. The van der Waals surface area contributed by atoms with Crippen molar-refractivity contribution in [3.05, 3.63) is 108 Å². The molecule has 0 spiro atoms. The van der Waals surface area contributed by atoms with Crippen LogP contribution in [0.2, 0.25) is 0 Å². The van der Waals surface area contributed by atoms with Crippen LogP contribution in [0.4, 0.5) is 0 Å². The highest BCUT2D eigenvalue weighted by molar-refractivity contribution is 7.99. The minimum absolute atomic E-state index is 0.00589. The predicted molar refractivity (Wildman–Crippen MR) is 207 cm³/mol. The molecule has 2 aromatic carbocycles. The maximum Gasteiger partial charge on any atom is 0.237 e. The fraction of sp³-hybridized carbons (Fsp3) is 0.463. The second-order valence-corrected chi connectivity index (χ2v) is 16.3. The van der Waals surface area contributed by atoms with E-state index in [0.29, 0.717) is 31.2 Å². The van der Waals surface area contributed by atoms with Crippen LogP contribution in [-0.4, -0.2) is 79.9 Å². The number of aromatic nitrogens is 2. The van der Waals surface area contributed by atoms with Gasteiger partial charge in [-0.25, -0.2) is 0 Å². The summed E-state index contributed by atoms with van der Waals surface area (Å²) in [6.45, 7) is 11.4. The predicted octanol–water partition coefficient (Wildman–Crippen LogP) is 5.51. The molecule has 0 aliphatic carbocycles. The number of β-amino-alcohol motifs (C(OH)–C–C–N with tert-alkyl or cyclic N) is 1. The van der Waals surface area contributed by atoms with Gasteiger partial charge in [0.05, 0.1) is 35.4 Å². The Bertz CT molecular complexity index is 1700. The van der Waals surface area contributed by atoms with Crippen molar-refractivity contribution in [2.75, 3.05) is 13.1 Å². The van der Waals surface area contributed by atoms with Crippen molar-refractivity contribution in [1.29, 1.82) is 0 Å². The molecule has 2 aromatic heterocycles. The molecule has 5 atom stereocenters. The Balaban J connectivity index is 1.29. The highest BCUT2D eigenvalue weighted by Gasteiger charge is 2.37. The van der Waals surface area contributed by atoms with Crippen molar-refractivity contribution in [3.8, 4) is 0 Å². The molecule has 4 N–H and O–H groups in total. The van der Waals surface area contributed by atoms with Crippen molar-refractivity contribution >= 4 is 34.5 Å². The number of nitrogens with one attached hydrogen (secondary N) is 3. The number of para-hydroxylation sites is 1. The zero-order chi connectivity index (χ0) is 36.4. The van der Waals surface area contributed by atoms with E-state index in [2.05, 4.69) is 31.9 Å². The molecule has 51 heavy (non-hydrogen) atoms. The molecular weight excluding hydrogens is 657 g/mol. The van der Waals surface area contributed by atoms with Crippen molar-refractivity contribution in [1.82, 2.24) is 30.8 Å². The molecule has 0 radical (unpaired) electrons. The number of benzene rings is 2. The number of nitrogens with zero attached hydrogens (tertiary/aromatic N) is 3. The van der Waals surface area contributed by atoms with Gasteiger partial charge >= 0.3 is 0 Å². The summed E-state index contributed by atoms with van der Waals surface area (Å²) in [5.41, 5.74) is 3.57. The number of carbonyl (C=O) groups is 2. The Morgan fingerprint density at radius 1 is 0.980 bits per heavy atom. The first-order valence-electron chi connectivity index (χ1n) is 18.1. The van der Waals surface area contributed by atoms with Gasteiger partial charge in [-0.2, -0.15) is 11.8 Å². The monoisotopic (exact) mass is 710 g/mol. The molecule has 2 amide bonds. The van der Waals surface area contributed by atoms with Crippen LogP contribution in [-0.2, 0) is 28.3 Å². The largest absolute Gasteiger partial charge is 0.390 e. The standard InChI is InChI=1S/C41H54N6O3S/c1-28(2)38(43-25-32-18-17-31-15-9-10-16-34(31)44-32)40(50)45-35(22-29-12-7-6-8-13-29)37(48)26-47-21-19-33(51-27-30-14-11-20-42-24-30)23-36(47)39(49)46-41(3,4)5/h6-18,20,24,28,33,35-38,43,48H,19,21-23,25-27H2,1-5H3,(H,45,50)(H,46,49)/t33-,35+,36+,37-,38+/m1/s1. The number of likely N-dealkylation sites (tertiary alicyclic amines) is 1. The van der Waals surface area contributed by atoms with Gasteiger partial charge in [0.15, 0.2) is 0 Å². The lowest BCUT2D eigenvalue weighted by Gasteiger charge is -2.41. The second kappa shape index (κ2) is 18.1. The number of rotatable bonds is 15. The summed E-state index contributed by atoms with van der Waals surface area (Å²) in [4.78, 5) is 38.9. The molecule has 0 unspecified atom stereocenters. The molecule has 1 fully saturated rings. The van der Waals surface area contributed by atoms with E-state index >= 15 is 0 Å². The van der Waals surface area contributed by atoms with Crippen LogP contribution in [0.3, 0.4) is 0 Å². The Hall–Kier alpha value is -3.83. The van der Waals surface area contributed by atoms with Crippen LogP contribution in [0.25, 0.3) is 10.9 Å². The highest BCUT2D eigenvalue weighted by atomic mass is 32.2. The topological polar surface area (TPSA) is 119 Å². The van der Waals surface area contributed by atoms with Crippen molar-refractivity contribution < 1.29 is 14.7 Å². The van der Waals surface area contributed by atoms with Crippen molar-refractivity contribution in [2.45, 2.75) is 101 Å². The van der Waals surface area contributed by atoms with E-state index in [-0.39, 0.29) is 29.8 Å². The number of piperidine rings is 1. The van der Waals surface area contributed by atoms with Crippen LogP contribution in [0.15, 0.2) is 91.3 Å². The normalized spacial score (nSPS) is 18.6. The molecule has 272 valence electrons. The van der Waals surface area contributed by atoms with Crippen LogP contribution in [0.5, 0.6) is 0 Å². The maximum absolute atomic E-state index is 14.0. The van der Waals surface area contributed by atoms with Gasteiger partial charge in [0.1, 0.15) is 0 Å². The fourth-order valence-electron chi connectivity index (χ4n) is 6.62. The Morgan fingerprint density at radius 2 is 1.73 bits per heavy atom. The third-order valence-corrected chi connectivity index (χ3v) is 10.7. The first-order valence-corrected chi connectivity index (χ1v) is 19.2. The molecule has 1 saturated heterocycles. The Morgan fingerprint density at radius 3 is 2.45 bits per heavy atom. The van der Waals surface area contributed by atoms with Crippen LogP contribution in [0.1, 0.15) is 64.3 Å². The number of hydrogen-bond donors (Lipinski definition) is 4. The number of aliphatic hydroxyl groups excluding tert-OH is 1. The molecular formula is C41H54N6O3S. The fourth-order valence-corrected chi connectivity index (χ4v) is 7.81. The molecule has 3 heterocycles. The lowest BCUT2D eigenvalue weighted by atomic mass is 9.95. The SMILES string of the molecule is CC(C)[C@H](NCc1ccc2ccccc2n1)C(=O)N[C@@H](Cc1ccccc1)[C@H](O)CN1CC[C@@H](SCc2cccnc2)C[C@H]1C(=O)NC(C)(C)C. The van der Waals surface area contributed by atoms with Gasteiger partial charge in [-0.3, -0.25) is 29.8 Å². The summed E-state index contributed by atoms with van der Waals surface area (Å²) in [6, 6.07) is 24.5. The van der Waals surface area contributed by atoms with E-state index < -0.39 is 24.2 Å². The van der Waals surface area contributed by atoms with E-state index in [1.807, 2.05) is 125 Å². The van der Waals surface area contributed by atoms with Gasteiger partial charge in [-0.1, -0.05) is 74.5 Å². The average Bonchev–Trinajstić information content (AvgIpc) is 3.11. The van der Waals surface area contributed by atoms with Gasteiger partial charge in [0.2, 0.25) is 11.8 Å². The van der Waals surface area contributed by atoms with E-state index in [0.717, 1.165) is 34.3 Å². The van der Waals surface area contributed by atoms with Gasteiger partial charge in [-0.15, -0.1) is 0 Å². The minimum atomic E-state index is -0.909. The Labute approximate surface area is 307 Å². The summed E-state index contributed by atoms with van der Waals surface area (Å²) in [5.74, 6) is 0.630. The zero-order valence-electron chi connectivity index (χ0n) is 30.6. The lowest BCUT2D eigenvalue weighted by molar-refractivity contribution is -0.130. The Kier molecular flexibility index (Phi) is 13.6. The zero-order valence-corrected chi connectivity index (χ0v) is 31.4. The molecule has 9 nitrogen and oxygen atoms in total.